The summed E-state index contributed by atoms with van der Waals surface area (Å²) in [5.41, 5.74) is 2.47. The molecule has 0 saturated carbocycles. The molecule has 1 aromatic carbocycles. The number of pyridine rings is 1. The van der Waals surface area contributed by atoms with Crippen LogP contribution in [0.2, 0.25) is 0 Å². The normalized spacial score (nSPS) is 17.3. The van der Waals surface area contributed by atoms with Gasteiger partial charge in [0.05, 0.1) is 17.6 Å². The Bertz CT molecular complexity index is 892. The largest absolute Gasteiger partial charge is 0.338 e. The maximum atomic E-state index is 13.0. The van der Waals surface area contributed by atoms with Crippen LogP contribution in [-0.4, -0.2) is 38.4 Å². The molecule has 1 fully saturated rings. The number of benzene rings is 1. The van der Waals surface area contributed by atoms with Gasteiger partial charge in [0.15, 0.2) is 0 Å². The number of hydrogen-bond acceptors (Lipinski definition) is 3. The number of piperidine rings is 1. The predicted octanol–water partition coefficient (Wildman–Crippen LogP) is 3.43. The fourth-order valence-corrected chi connectivity index (χ4v) is 3.38. The van der Waals surface area contributed by atoms with Gasteiger partial charge in [-0.25, -0.2) is 9.97 Å². The van der Waals surface area contributed by atoms with Gasteiger partial charge in [0, 0.05) is 37.1 Å². The minimum atomic E-state index is -0.579. The van der Waals surface area contributed by atoms with Crippen LogP contribution in [0.15, 0.2) is 61.2 Å². The van der Waals surface area contributed by atoms with Crippen molar-refractivity contribution in [2.45, 2.75) is 18.8 Å². The average Bonchev–Trinajstić information content (AvgIpc) is 3.19. The number of hydrogen-bond donors (Lipinski definition) is 0. The number of amides is 1. The Hall–Kier alpha value is -3.02. The molecule has 0 radical (unpaired) electrons. The molecule has 6 heteroatoms. The highest BCUT2D eigenvalue weighted by atomic mass is 19.1. The SMILES string of the molecule is O=C(c1ccc(F)nc1)N1CCC[C@H](c2cn(-c3ccccc3)cn2)C1. The maximum absolute atomic E-state index is 13.0. The second-order valence-electron chi connectivity index (χ2n) is 6.50. The average molecular weight is 350 g/mol. The van der Waals surface area contributed by atoms with E-state index in [2.05, 4.69) is 9.97 Å². The van der Waals surface area contributed by atoms with Gasteiger partial charge in [-0.15, -0.1) is 0 Å². The first-order chi connectivity index (χ1) is 12.7. The van der Waals surface area contributed by atoms with Gasteiger partial charge < -0.3 is 9.47 Å². The van der Waals surface area contributed by atoms with E-state index in [1.54, 1.807) is 0 Å². The van der Waals surface area contributed by atoms with E-state index in [0.717, 1.165) is 24.2 Å². The van der Waals surface area contributed by atoms with Crippen molar-refractivity contribution in [1.29, 1.82) is 0 Å². The molecular weight excluding hydrogens is 331 g/mol. The van der Waals surface area contributed by atoms with Crippen LogP contribution in [0.4, 0.5) is 4.39 Å². The molecule has 1 saturated heterocycles. The van der Waals surface area contributed by atoms with Gasteiger partial charge in [0.2, 0.25) is 5.95 Å². The van der Waals surface area contributed by atoms with Crippen LogP contribution in [0.5, 0.6) is 0 Å². The van der Waals surface area contributed by atoms with E-state index in [4.69, 9.17) is 0 Å². The van der Waals surface area contributed by atoms with Gasteiger partial charge in [0.25, 0.3) is 5.91 Å². The van der Waals surface area contributed by atoms with E-state index < -0.39 is 5.95 Å². The molecule has 5 nitrogen and oxygen atoms in total. The molecule has 1 aliphatic heterocycles. The van der Waals surface area contributed by atoms with Crippen molar-refractivity contribution < 1.29 is 9.18 Å². The Morgan fingerprint density at radius 2 is 1.96 bits per heavy atom. The molecule has 0 spiro atoms. The van der Waals surface area contributed by atoms with Gasteiger partial charge in [-0.05, 0) is 37.1 Å². The smallest absolute Gasteiger partial charge is 0.255 e. The third-order valence-corrected chi connectivity index (χ3v) is 4.76. The quantitative estimate of drug-likeness (QED) is 0.680. The van der Waals surface area contributed by atoms with Crippen LogP contribution in [0, 0.1) is 5.95 Å². The number of halogens is 1. The zero-order chi connectivity index (χ0) is 17.9. The standard InChI is InChI=1S/C20H19FN4O/c21-19-9-8-15(11-22-19)20(26)24-10-4-5-16(12-24)18-13-25(14-23-18)17-6-2-1-3-7-17/h1-3,6-9,11,13-14,16H,4-5,10,12H2/t16-/m0/s1. The molecule has 26 heavy (non-hydrogen) atoms. The Morgan fingerprint density at radius 3 is 2.73 bits per heavy atom. The van der Waals surface area contributed by atoms with Crippen molar-refractivity contribution in [2.24, 2.45) is 0 Å². The second kappa shape index (κ2) is 7.07. The molecule has 3 aromatic rings. The van der Waals surface area contributed by atoms with Crippen molar-refractivity contribution in [3.8, 4) is 5.69 Å². The maximum Gasteiger partial charge on any atom is 0.255 e. The number of aromatic nitrogens is 3. The number of rotatable bonds is 3. The first kappa shape index (κ1) is 16.4. The predicted molar refractivity (Wildman–Crippen MR) is 95.6 cm³/mol. The van der Waals surface area contributed by atoms with Crippen molar-refractivity contribution in [3.63, 3.8) is 0 Å². The van der Waals surface area contributed by atoms with Crippen LogP contribution in [0.25, 0.3) is 5.69 Å². The Balaban J connectivity index is 1.49. The number of imidazole rings is 1. The summed E-state index contributed by atoms with van der Waals surface area (Å²) in [6.45, 7) is 1.31. The molecule has 132 valence electrons. The molecule has 1 aliphatic rings. The van der Waals surface area contributed by atoms with Gasteiger partial charge in [-0.2, -0.15) is 4.39 Å². The highest BCUT2D eigenvalue weighted by Crippen LogP contribution is 2.27. The number of carbonyl (C=O) groups is 1. The molecule has 0 N–H and O–H groups in total. The van der Waals surface area contributed by atoms with Gasteiger partial charge in [-0.3, -0.25) is 4.79 Å². The highest BCUT2D eigenvalue weighted by molar-refractivity contribution is 5.94. The fraction of sp³-hybridized carbons (Fsp3) is 0.250. The van der Waals surface area contributed by atoms with Crippen LogP contribution in [0.1, 0.15) is 34.8 Å². The summed E-state index contributed by atoms with van der Waals surface area (Å²) in [5.74, 6) is -0.486. The first-order valence-corrected chi connectivity index (χ1v) is 8.71. The van der Waals surface area contributed by atoms with Crippen LogP contribution in [0.3, 0.4) is 0 Å². The molecule has 0 unspecified atom stereocenters. The lowest BCUT2D eigenvalue weighted by Gasteiger charge is -2.32. The van der Waals surface area contributed by atoms with E-state index in [1.165, 1.54) is 18.3 Å². The van der Waals surface area contributed by atoms with Gasteiger partial charge in [-0.1, -0.05) is 18.2 Å². The summed E-state index contributed by atoms with van der Waals surface area (Å²) >= 11 is 0. The zero-order valence-corrected chi connectivity index (χ0v) is 14.3. The molecule has 1 atom stereocenters. The lowest BCUT2D eigenvalue weighted by molar-refractivity contribution is 0.0705. The summed E-state index contributed by atoms with van der Waals surface area (Å²) in [6, 6.07) is 12.7. The Morgan fingerprint density at radius 1 is 1.12 bits per heavy atom. The Kier molecular flexibility index (Phi) is 4.48. The number of likely N-dealkylation sites (tertiary alicyclic amines) is 1. The highest BCUT2D eigenvalue weighted by Gasteiger charge is 2.27. The number of para-hydroxylation sites is 1. The van der Waals surface area contributed by atoms with E-state index in [1.807, 2.05) is 52.3 Å². The second-order valence-corrected chi connectivity index (χ2v) is 6.50. The summed E-state index contributed by atoms with van der Waals surface area (Å²) < 4.78 is 15.0. The molecule has 2 aromatic heterocycles. The summed E-state index contributed by atoms with van der Waals surface area (Å²) in [5, 5.41) is 0. The van der Waals surface area contributed by atoms with Crippen LogP contribution >= 0.6 is 0 Å². The minimum absolute atomic E-state index is 0.107. The van der Waals surface area contributed by atoms with E-state index in [-0.39, 0.29) is 11.8 Å². The topological polar surface area (TPSA) is 51.0 Å². The lowest BCUT2D eigenvalue weighted by Crippen LogP contribution is -2.39. The van der Waals surface area contributed by atoms with E-state index in [9.17, 15) is 9.18 Å². The molecule has 0 aliphatic carbocycles. The number of carbonyl (C=O) groups excluding carboxylic acids is 1. The van der Waals surface area contributed by atoms with E-state index in [0.29, 0.717) is 18.7 Å². The van der Waals surface area contributed by atoms with Gasteiger partial charge in [0.1, 0.15) is 0 Å². The summed E-state index contributed by atoms with van der Waals surface area (Å²) in [6.07, 6.45) is 7.06. The van der Waals surface area contributed by atoms with E-state index >= 15 is 0 Å². The monoisotopic (exact) mass is 350 g/mol. The Labute approximate surface area is 151 Å². The zero-order valence-electron chi connectivity index (χ0n) is 14.3. The van der Waals surface area contributed by atoms with Crippen molar-refractivity contribution in [1.82, 2.24) is 19.4 Å². The van der Waals surface area contributed by atoms with Gasteiger partial charge >= 0.3 is 0 Å². The van der Waals surface area contributed by atoms with Crippen molar-refractivity contribution >= 4 is 5.91 Å². The van der Waals surface area contributed by atoms with Crippen LogP contribution in [-0.2, 0) is 0 Å². The molecule has 0 bridgehead atoms. The summed E-state index contributed by atoms with van der Waals surface area (Å²) in [7, 11) is 0. The third kappa shape index (κ3) is 3.35. The minimum Gasteiger partial charge on any atom is -0.338 e. The van der Waals surface area contributed by atoms with Crippen molar-refractivity contribution in [2.75, 3.05) is 13.1 Å². The number of nitrogens with zero attached hydrogens (tertiary/aromatic N) is 4. The molecule has 4 rings (SSSR count). The van der Waals surface area contributed by atoms with Crippen molar-refractivity contribution in [3.05, 3.63) is 78.4 Å². The summed E-state index contributed by atoms with van der Waals surface area (Å²) in [4.78, 5) is 22.6. The third-order valence-electron chi connectivity index (χ3n) is 4.76. The lowest BCUT2D eigenvalue weighted by atomic mass is 9.95. The molecule has 3 heterocycles. The van der Waals surface area contributed by atoms with Crippen LogP contribution < -0.4 is 0 Å². The molecule has 1 amide bonds. The molecular formula is C20H19FN4O. The first-order valence-electron chi connectivity index (χ1n) is 8.71. The fourth-order valence-electron chi connectivity index (χ4n) is 3.38.